The molecule has 272 valence electrons. The van der Waals surface area contributed by atoms with E-state index in [-0.39, 0.29) is 0 Å². The molecule has 0 atom stereocenters. The van der Waals surface area contributed by atoms with Crippen molar-refractivity contribution >= 4 is 11.9 Å². The summed E-state index contributed by atoms with van der Waals surface area (Å²) in [5, 5.41) is 16.8. The summed E-state index contributed by atoms with van der Waals surface area (Å²) in [5.74, 6) is -1.84. The highest BCUT2D eigenvalue weighted by atomic mass is 16.4. The summed E-state index contributed by atoms with van der Waals surface area (Å²) in [5.41, 5.74) is 0. The Morgan fingerprint density at radius 2 is 0.562 bits per heavy atom. The fraction of sp³-hybridized carbons (Fsp3) is 0.591. The molecule has 0 aromatic heterocycles. The Hall–Kier alpha value is -3.14. The summed E-state index contributed by atoms with van der Waals surface area (Å²) in [4.78, 5) is 20.5. The van der Waals surface area contributed by atoms with Gasteiger partial charge >= 0.3 is 11.9 Å². The maximum atomic E-state index is 10.2. The van der Waals surface area contributed by atoms with Gasteiger partial charge in [0.1, 0.15) is 0 Å². The van der Waals surface area contributed by atoms with Crippen molar-refractivity contribution in [3.8, 4) is 0 Å². The summed E-state index contributed by atoms with van der Waals surface area (Å²) < 4.78 is 0. The van der Waals surface area contributed by atoms with Crippen LogP contribution in [0.1, 0.15) is 168 Å². The molecule has 0 aliphatic carbocycles. The van der Waals surface area contributed by atoms with E-state index in [2.05, 4.69) is 38.2 Å². The molecule has 0 amide bonds. The van der Waals surface area contributed by atoms with Crippen molar-refractivity contribution in [2.24, 2.45) is 0 Å². The maximum Gasteiger partial charge on any atom is 0.328 e. The number of aliphatic carboxylic acids is 2. The fourth-order valence-electron chi connectivity index (χ4n) is 4.99. The summed E-state index contributed by atoms with van der Waals surface area (Å²) >= 11 is 0. The van der Waals surface area contributed by atoms with Gasteiger partial charge < -0.3 is 10.2 Å². The minimum absolute atomic E-state index is 0.921. The Bertz CT molecular complexity index is 854. The van der Waals surface area contributed by atoms with Crippen LogP contribution in [0.2, 0.25) is 0 Å². The molecule has 0 radical (unpaired) electrons. The normalized spacial score (nSPS) is 12.4. The van der Waals surface area contributed by atoms with Crippen LogP contribution in [0.4, 0.5) is 0 Å². The van der Waals surface area contributed by atoms with Crippen molar-refractivity contribution in [1.29, 1.82) is 0 Å². The Labute approximate surface area is 296 Å². The lowest BCUT2D eigenvalue weighted by Crippen LogP contribution is -1.84. The van der Waals surface area contributed by atoms with Crippen LogP contribution in [0, 0.1) is 0 Å². The van der Waals surface area contributed by atoms with Gasteiger partial charge in [-0.15, -0.1) is 0 Å². The Morgan fingerprint density at radius 3 is 0.833 bits per heavy atom. The lowest BCUT2D eigenvalue weighted by molar-refractivity contribution is -0.132. The summed E-state index contributed by atoms with van der Waals surface area (Å²) in [6.45, 7) is 4.54. The van der Waals surface area contributed by atoms with E-state index in [1.165, 1.54) is 153 Å². The van der Waals surface area contributed by atoms with E-state index in [4.69, 9.17) is 10.2 Å². The highest BCUT2D eigenvalue weighted by molar-refractivity contribution is 5.80. The molecule has 2 N–H and O–H groups in total. The third-order valence-electron chi connectivity index (χ3n) is 7.81. The SMILES string of the molecule is CCCCCCCCCCCCCC=CC=CC=CC=CC(=O)O.CCCCCCCCCCCCCC=CC=CC=CC=CC(=O)O. The number of carbonyl (C=O) groups is 2. The van der Waals surface area contributed by atoms with Crippen LogP contribution in [0.15, 0.2) is 97.2 Å². The second-order valence-corrected chi connectivity index (χ2v) is 12.4. The molecule has 0 aliphatic heterocycles. The number of allylic oxidation sites excluding steroid dienone is 14. The lowest BCUT2D eigenvalue weighted by atomic mass is 10.1. The van der Waals surface area contributed by atoms with Crippen LogP contribution in [-0.2, 0) is 9.59 Å². The first-order valence-electron chi connectivity index (χ1n) is 19.3. The number of rotatable bonds is 32. The molecule has 0 spiro atoms. The smallest absolute Gasteiger partial charge is 0.328 e. The quantitative estimate of drug-likeness (QED) is 0.0426. The summed E-state index contributed by atoms with van der Waals surface area (Å²) in [6, 6.07) is 0. The molecule has 0 aromatic rings. The van der Waals surface area contributed by atoms with Crippen molar-refractivity contribution in [3.63, 3.8) is 0 Å². The van der Waals surface area contributed by atoms with Gasteiger partial charge in [0, 0.05) is 12.2 Å². The third-order valence-corrected chi connectivity index (χ3v) is 7.81. The first-order valence-corrected chi connectivity index (χ1v) is 19.3. The van der Waals surface area contributed by atoms with E-state index in [1.807, 2.05) is 36.5 Å². The van der Waals surface area contributed by atoms with Gasteiger partial charge in [0.15, 0.2) is 0 Å². The maximum absolute atomic E-state index is 10.2. The second kappa shape index (κ2) is 43.9. The molecular weight excluding hydrogens is 592 g/mol. The second-order valence-electron chi connectivity index (χ2n) is 12.4. The zero-order chi connectivity index (χ0) is 35.4. The number of carboxylic acids is 2. The Kier molecular flexibility index (Phi) is 42.9. The molecule has 0 saturated heterocycles. The molecule has 0 aliphatic rings. The van der Waals surface area contributed by atoms with E-state index in [0.29, 0.717) is 0 Å². The number of carboxylic acid groups (broad SMARTS) is 2. The van der Waals surface area contributed by atoms with Crippen LogP contribution in [0.5, 0.6) is 0 Å². The van der Waals surface area contributed by atoms with Crippen LogP contribution < -0.4 is 0 Å². The first-order chi connectivity index (χ1) is 23.5. The Balaban J connectivity index is 0. The van der Waals surface area contributed by atoms with Crippen LogP contribution in [-0.4, -0.2) is 22.2 Å². The number of unbranched alkanes of at least 4 members (excludes halogenated alkanes) is 22. The zero-order valence-corrected chi connectivity index (χ0v) is 30.9. The van der Waals surface area contributed by atoms with Crippen LogP contribution in [0.3, 0.4) is 0 Å². The predicted molar refractivity (Wildman–Crippen MR) is 211 cm³/mol. The van der Waals surface area contributed by atoms with Crippen molar-refractivity contribution in [1.82, 2.24) is 0 Å². The minimum Gasteiger partial charge on any atom is -0.478 e. The van der Waals surface area contributed by atoms with Crippen molar-refractivity contribution in [2.75, 3.05) is 0 Å². The van der Waals surface area contributed by atoms with Gasteiger partial charge in [-0.25, -0.2) is 9.59 Å². The average molecular weight is 665 g/mol. The van der Waals surface area contributed by atoms with E-state index < -0.39 is 11.9 Å². The molecule has 0 unspecified atom stereocenters. The largest absolute Gasteiger partial charge is 0.478 e. The first kappa shape index (κ1) is 47.0. The van der Waals surface area contributed by atoms with E-state index in [0.717, 1.165) is 25.0 Å². The van der Waals surface area contributed by atoms with Gasteiger partial charge in [-0.1, -0.05) is 227 Å². The molecule has 0 bridgehead atoms. The lowest BCUT2D eigenvalue weighted by Gasteiger charge is -2.01. The van der Waals surface area contributed by atoms with E-state index in [1.54, 1.807) is 12.2 Å². The fourth-order valence-corrected chi connectivity index (χ4v) is 4.99. The van der Waals surface area contributed by atoms with E-state index in [9.17, 15) is 9.59 Å². The highest BCUT2D eigenvalue weighted by Gasteiger charge is 1.93. The van der Waals surface area contributed by atoms with E-state index >= 15 is 0 Å². The van der Waals surface area contributed by atoms with Gasteiger partial charge in [-0.05, 0) is 25.7 Å². The average Bonchev–Trinajstić information content (AvgIpc) is 3.07. The molecule has 0 heterocycles. The van der Waals surface area contributed by atoms with Crippen molar-refractivity contribution < 1.29 is 19.8 Å². The van der Waals surface area contributed by atoms with Crippen LogP contribution in [0.25, 0.3) is 0 Å². The highest BCUT2D eigenvalue weighted by Crippen LogP contribution is 2.13. The molecule has 4 heteroatoms. The molecule has 4 nitrogen and oxygen atoms in total. The van der Waals surface area contributed by atoms with Crippen LogP contribution >= 0.6 is 0 Å². The molecule has 0 rings (SSSR count). The third kappa shape index (κ3) is 49.7. The van der Waals surface area contributed by atoms with Crippen molar-refractivity contribution in [3.05, 3.63) is 97.2 Å². The summed E-state index contributed by atoms with van der Waals surface area (Å²) in [7, 11) is 0. The molecule has 0 aromatic carbocycles. The molecular formula is C44H72O4. The Morgan fingerprint density at radius 1 is 0.333 bits per heavy atom. The minimum atomic E-state index is -0.921. The van der Waals surface area contributed by atoms with Crippen molar-refractivity contribution in [2.45, 2.75) is 168 Å². The molecule has 0 fully saturated rings. The van der Waals surface area contributed by atoms with Gasteiger partial charge in [0.05, 0.1) is 0 Å². The van der Waals surface area contributed by atoms with Gasteiger partial charge in [0.25, 0.3) is 0 Å². The molecule has 0 saturated carbocycles. The predicted octanol–water partition coefficient (Wildman–Crippen LogP) is 14.0. The number of hydrogen-bond donors (Lipinski definition) is 2. The number of hydrogen-bond acceptors (Lipinski definition) is 2. The van der Waals surface area contributed by atoms with Gasteiger partial charge in [0.2, 0.25) is 0 Å². The topological polar surface area (TPSA) is 74.6 Å². The molecule has 48 heavy (non-hydrogen) atoms. The standard InChI is InChI=1S/2C22H36O2/c2*1-2-3-4-5-6-7-8-9-10-11-12-13-14-15-16-17-18-19-20-21-22(23)24/h2*14-21H,2-13H2,1H3,(H,23,24). The van der Waals surface area contributed by atoms with Gasteiger partial charge in [-0.2, -0.15) is 0 Å². The zero-order valence-electron chi connectivity index (χ0n) is 30.9. The van der Waals surface area contributed by atoms with Gasteiger partial charge in [-0.3, -0.25) is 0 Å². The monoisotopic (exact) mass is 665 g/mol. The summed E-state index contributed by atoms with van der Waals surface area (Å²) in [6.07, 6.45) is 61.4.